The zero-order valence-corrected chi connectivity index (χ0v) is 12.2. The fourth-order valence-electron chi connectivity index (χ4n) is 1.59. The Bertz CT molecular complexity index is 563. The summed E-state index contributed by atoms with van der Waals surface area (Å²) in [5, 5.41) is 3.99. The van der Waals surface area contributed by atoms with Crippen molar-refractivity contribution in [2.24, 2.45) is 7.05 Å². The van der Waals surface area contributed by atoms with Gasteiger partial charge in [0.15, 0.2) is 0 Å². The fourth-order valence-corrected chi connectivity index (χ4v) is 2.32. The molecule has 1 heterocycles. The van der Waals surface area contributed by atoms with E-state index >= 15 is 0 Å². The van der Waals surface area contributed by atoms with E-state index in [0.717, 1.165) is 32.4 Å². The number of benzene rings is 1. The lowest BCUT2D eigenvalue weighted by Gasteiger charge is -2.10. The third-order valence-electron chi connectivity index (χ3n) is 2.49. The highest BCUT2D eigenvalue weighted by atomic mass is 79.9. The van der Waals surface area contributed by atoms with Gasteiger partial charge in [0.25, 0.3) is 0 Å². The molecule has 0 aliphatic carbocycles. The Labute approximate surface area is 114 Å². The Balaban J connectivity index is 2.36. The molecule has 1 N–H and O–H groups in total. The van der Waals surface area contributed by atoms with Crippen molar-refractivity contribution in [2.75, 3.05) is 5.32 Å². The van der Waals surface area contributed by atoms with Crippen LogP contribution < -0.4 is 5.32 Å². The van der Waals surface area contributed by atoms with Crippen molar-refractivity contribution in [1.82, 2.24) is 9.55 Å². The molecule has 0 bridgehead atoms. The van der Waals surface area contributed by atoms with E-state index in [0.29, 0.717) is 0 Å². The molecule has 0 unspecified atom stereocenters. The molecule has 0 saturated heterocycles. The van der Waals surface area contributed by atoms with Gasteiger partial charge in [-0.05, 0) is 47.5 Å². The maximum absolute atomic E-state index is 6.11. The number of hydrogen-bond acceptors (Lipinski definition) is 2. The average molecular weight is 315 g/mol. The fraction of sp³-hybridized carbons (Fsp3) is 0.250. The van der Waals surface area contributed by atoms with Crippen LogP contribution in [0.1, 0.15) is 11.3 Å². The summed E-state index contributed by atoms with van der Waals surface area (Å²) in [6.07, 6.45) is 1.96. The van der Waals surface area contributed by atoms with Crippen molar-refractivity contribution < 1.29 is 0 Å². The van der Waals surface area contributed by atoms with Crippen molar-refractivity contribution in [3.63, 3.8) is 0 Å². The number of imidazole rings is 1. The molecule has 0 radical (unpaired) electrons. The first-order valence-electron chi connectivity index (χ1n) is 5.20. The molecular formula is C12H13BrClN3. The van der Waals surface area contributed by atoms with Gasteiger partial charge in [0.05, 0.1) is 11.4 Å². The predicted octanol–water partition coefficient (Wildman–Crippen LogP) is 4.20. The van der Waals surface area contributed by atoms with E-state index in [1.165, 1.54) is 0 Å². The molecule has 3 nitrogen and oxygen atoms in total. The summed E-state index contributed by atoms with van der Waals surface area (Å²) >= 11 is 9.62. The number of aromatic nitrogens is 2. The molecule has 0 saturated carbocycles. The van der Waals surface area contributed by atoms with Gasteiger partial charge >= 0.3 is 0 Å². The molecule has 1 aromatic carbocycles. The van der Waals surface area contributed by atoms with E-state index in [2.05, 4.69) is 26.2 Å². The second-order valence-electron chi connectivity index (χ2n) is 4.02. The maximum atomic E-state index is 6.11. The Kier molecular flexibility index (Phi) is 3.45. The van der Waals surface area contributed by atoms with Crippen molar-refractivity contribution in [2.45, 2.75) is 13.8 Å². The van der Waals surface area contributed by atoms with E-state index in [4.69, 9.17) is 11.6 Å². The van der Waals surface area contributed by atoms with E-state index in [-0.39, 0.29) is 0 Å². The van der Waals surface area contributed by atoms with E-state index in [9.17, 15) is 0 Å². The summed E-state index contributed by atoms with van der Waals surface area (Å²) in [5.41, 5.74) is 2.93. The molecular weight excluding hydrogens is 302 g/mol. The zero-order chi connectivity index (χ0) is 12.6. The first-order chi connectivity index (χ1) is 7.97. The number of hydrogen-bond donors (Lipinski definition) is 1. The first-order valence-corrected chi connectivity index (χ1v) is 6.37. The monoisotopic (exact) mass is 313 g/mol. The molecule has 1 aromatic heterocycles. The van der Waals surface area contributed by atoms with E-state index in [1.54, 1.807) is 0 Å². The van der Waals surface area contributed by atoms with Gasteiger partial charge in [-0.25, -0.2) is 4.98 Å². The lowest BCUT2D eigenvalue weighted by molar-refractivity contribution is 0.923. The number of nitrogens with zero attached hydrogens (tertiary/aromatic N) is 2. The first kappa shape index (κ1) is 12.5. The van der Waals surface area contributed by atoms with E-state index in [1.807, 2.05) is 43.8 Å². The van der Waals surface area contributed by atoms with Crippen LogP contribution in [0.25, 0.3) is 0 Å². The molecule has 90 valence electrons. The third kappa shape index (κ3) is 2.64. The SMILES string of the molecule is Cc1cn(C)c(Nc2cc(Cl)c(C)cc2Br)n1. The summed E-state index contributed by atoms with van der Waals surface area (Å²) in [6, 6.07) is 3.88. The molecule has 0 fully saturated rings. The standard InChI is InChI=1S/C12H13BrClN3/c1-7-4-9(13)11(5-10(7)14)16-12-15-8(2)6-17(12)3/h4-6H,1-3H3,(H,15,16). The van der Waals surface area contributed by atoms with Crippen LogP contribution in [0.2, 0.25) is 5.02 Å². The van der Waals surface area contributed by atoms with Gasteiger partial charge < -0.3 is 9.88 Å². The molecule has 0 spiro atoms. The molecule has 0 amide bonds. The van der Waals surface area contributed by atoms with Crippen LogP contribution in [0, 0.1) is 13.8 Å². The molecule has 2 rings (SSSR count). The third-order valence-corrected chi connectivity index (χ3v) is 3.55. The van der Waals surface area contributed by atoms with Gasteiger partial charge in [-0.3, -0.25) is 0 Å². The average Bonchev–Trinajstić information content (AvgIpc) is 2.54. The summed E-state index contributed by atoms with van der Waals surface area (Å²) in [7, 11) is 1.95. The minimum absolute atomic E-state index is 0.738. The number of halogens is 2. The van der Waals surface area contributed by atoms with Gasteiger partial charge in [0, 0.05) is 22.7 Å². The summed E-state index contributed by atoms with van der Waals surface area (Å²) in [4.78, 5) is 4.39. The Morgan fingerprint density at radius 2 is 2.06 bits per heavy atom. The van der Waals surface area contributed by atoms with E-state index < -0.39 is 0 Å². The molecule has 5 heteroatoms. The number of nitrogens with one attached hydrogen (secondary N) is 1. The van der Waals surface area contributed by atoms with Crippen LogP contribution in [0.15, 0.2) is 22.8 Å². The van der Waals surface area contributed by atoms with Crippen molar-refractivity contribution in [3.8, 4) is 0 Å². The molecule has 0 aliphatic heterocycles. The molecule has 17 heavy (non-hydrogen) atoms. The van der Waals surface area contributed by atoms with Gasteiger partial charge in [-0.2, -0.15) is 0 Å². The van der Waals surface area contributed by atoms with Crippen LogP contribution in [0.4, 0.5) is 11.6 Å². The Hall–Kier alpha value is -1.000. The van der Waals surface area contributed by atoms with Crippen molar-refractivity contribution >= 4 is 39.2 Å². The van der Waals surface area contributed by atoms with Gasteiger partial charge in [-0.1, -0.05) is 11.6 Å². The molecule has 0 atom stereocenters. The van der Waals surface area contributed by atoms with Gasteiger partial charge in [-0.15, -0.1) is 0 Å². The van der Waals surface area contributed by atoms with Gasteiger partial charge in [0.1, 0.15) is 0 Å². The minimum atomic E-state index is 0.738. The lowest BCUT2D eigenvalue weighted by atomic mass is 10.2. The lowest BCUT2D eigenvalue weighted by Crippen LogP contribution is -1.99. The summed E-state index contributed by atoms with van der Waals surface area (Å²) in [6.45, 7) is 3.93. The highest BCUT2D eigenvalue weighted by Gasteiger charge is 2.07. The second kappa shape index (κ2) is 4.70. The smallest absolute Gasteiger partial charge is 0.207 e. The van der Waals surface area contributed by atoms with Crippen molar-refractivity contribution in [3.05, 3.63) is 39.1 Å². The van der Waals surface area contributed by atoms with Crippen LogP contribution in [-0.4, -0.2) is 9.55 Å². The Morgan fingerprint density at radius 1 is 1.35 bits per heavy atom. The highest BCUT2D eigenvalue weighted by molar-refractivity contribution is 9.10. The van der Waals surface area contributed by atoms with Crippen molar-refractivity contribution in [1.29, 1.82) is 0 Å². The summed E-state index contributed by atoms with van der Waals surface area (Å²) in [5.74, 6) is 0.795. The van der Waals surface area contributed by atoms with Crippen LogP contribution >= 0.6 is 27.5 Å². The number of anilines is 2. The minimum Gasteiger partial charge on any atom is -0.325 e. The highest BCUT2D eigenvalue weighted by Crippen LogP contribution is 2.30. The topological polar surface area (TPSA) is 29.9 Å². The predicted molar refractivity (Wildman–Crippen MR) is 75.1 cm³/mol. The Morgan fingerprint density at radius 3 is 2.65 bits per heavy atom. The molecule has 2 aromatic rings. The second-order valence-corrected chi connectivity index (χ2v) is 5.28. The normalized spacial score (nSPS) is 10.6. The summed E-state index contributed by atoms with van der Waals surface area (Å²) < 4.78 is 2.91. The quantitative estimate of drug-likeness (QED) is 0.900. The largest absolute Gasteiger partial charge is 0.325 e. The van der Waals surface area contributed by atoms with Crippen LogP contribution in [0.5, 0.6) is 0 Å². The number of rotatable bonds is 2. The van der Waals surface area contributed by atoms with Gasteiger partial charge in [0.2, 0.25) is 5.95 Å². The molecule has 0 aliphatic rings. The zero-order valence-electron chi connectivity index (χ0n) is 9.88. The maximum Gasteiger partial charge on any atom is 0.207 e. The van der Waals surface area contributed by atoms with Crippen LogP contribution in [-0.2, 0) is 7.05 Å². The van der Waals surface area contributed by atoms with Crippen LogP contribution in [0.3, 0.4) is 0 Å². The number of aryl methyl sites for hydroxylation is 3.